The molecular formula is C16H23N5O10. The number of carbonyl (C=O) groups is 2. The minimum Gasteiger partial charge on any atom is -0.863 e. The van der Waals surface area contributed by atoms with Crippen molar-refractivity contribution in [2.24, 2.45) is 0 Å². The van der Waals surface area contributed by atoms with Crippen LogP contribution < -0.4 is 10.4 Å². The number of nitrogens with zero attached hydrogens (tertiary/aromatic N) is 4. The van der Waals surface area contributed by atoms with Gasteiger partial charge in [-0.2, -0.15) is 0 Å². The van der Waals surface area contributed by atoms with Crippen LogP contribution in [0.5, 0.6) is 5.75 Å². The number of quaternary nitrogens is 1. The molecule has 0 aromatic heterocycles. The van der Waals surface area contributed by atoms with Crippen LogP contribution in [-0.2, 0) is 9.59 Å². The summed E-state index contributed by atoms with van der Waals surface area (Å²) in [5, 5.41) is 53.8. The Morgan fingerprint density at radius 2 is 1.48 bits per heavy atom. The first-order chi connectivity index (χ1) is 14.1. The second-order valence-electron chi connectivity index (χ2n) is 7.04. The second-order valence-corrected chi connectivity index (χ2v) is 7.04. The lowest BCUT2D eigenvalue weighted by Crippen LogP contribution is -2.53. The van der Waals surface area contributed by atoms with Gasteiger partial charge in [0.2, 0.25) is 0 Å². The van der Waals surface area contributed by atoms with Crippen LogP contribution in [0.25, 0.3) is 0 Å². The van der Waals surface area contributed by atoms with Gasteiger partial charge in [-0.15, -0.1) is 0 Å². The Morgan fingerprint density at radius 3 is 1.77 bits per heavy atom. The van der Waals surface area contributed by atoms with Crippen molar-refractivity contribution in [1.82, 2.24) is 5.32 Å². The molecule has 1 rings (SSSR count). The molecule has 15 heteroatoms. The van der Waals surface area contributed by atoms with Crippen LogP contribution in [0.1, 0.15) is 19.8 Å². The summed E-state index contributed by atoms with van der Waals surface area (Å²) in [6.07, 6.45) is 0.717. The molecule has 0 spiro atoms. The fraction of sp³-hybridized carbons (Fsp3) is 0.500. The van der Waals surface area contributed by atoms with Crippen LogP contribution in [-0.4, -0.2) is 70.0 Å². The molecule has 0 aliphatic rings. The van der Waals surface area contributed by atoms with Crippen LogP contribution in [0.3, 0.4) is 0 Å². The maximum Gasteiger partial charge on any atom is 0.330 e. The maximum absolute atomic E-state index is 11.9. The third kappa shape index (κ3) is 8.67. The van der Waals surface area contributed by atoms with Gasteiger partial charge < -0.3 is 15.5 Å². The minimum absolute atomic E-state index is 0.106. The van der Waals surface area contributed by atoms with E-state index in [0.29, 0.717) is 18.7 Å². The summed E-state index contributed by atoms with van der Waals surface area (Å²) in [5.41, 5.74) is -3.26. The molecule has 0 aliphatic carbocycles. The monoisotopic (exact) mass is 445 g/mol. The third-order valence-corrected chi connectivity index (χ3v) is 3.62. The molecule has 1 atom stereocenters. The SMILES string of the molecule is CCCN[C@H](CC(=O)O)C(=O)[N+](C)(C)C.O=[N+]([O-])c1cc([N+](=O)[O-])c([O-])c([N+](=O)[O-])c1. The van der Waals surface area contributed by atoms with Crippen molar-refractivity contribution in [2.75, 3.05) is 27.7 Å². The van der Waals surface area contributed by atoms with Gasteiger partial charge in [0.15, 0.2) is 0 Å². The highest BCUT2D eigenvalue weighted by Crippen LogP contribution is 2.36. The Balaban J connectivity index is 0.000000582. The lowest BCUT2D eigenvalue weighted by Gasteiger charge is -2.26. The predicted molar refractivity (Wildman–Crippen MR) is 103 cm³/mol. The van der Waals surface area contributed by atoms with E-state index in [-0.39, 0.29) is 16.8 Å². The second kappa shape index (κ2) is 11.5. The van der Waals surface area contributed by atoms with E-state index in [2.05, 4.69) is 5.32 Å². The number of hydrogen-bond acceptors (Lipinski definition) is 10. The van der Waals surface area contributed by atoms with Crippen molar-refractivity contribution in [3.05, 3.63) is 42.5 Å². The van der Waals surface area contributed by atoms with Crippen LogP contribution in [0, 0.1) is 30.3 Å². The number of carboxylic acid groups (broad SMARTS) is 1. The number of rotatable bonds is 9. The van der Waals surface area contributed by atoms with E-state index in [9.17, 15) is 45.0 Å². The van der Waals surface area contributed by atoms with Crippen LogP contribution in [0.4, 0.5) is 17.1 Å². The molecule has 0 saturated carbocycles. The summed E-state index contributed by atoms with van der Waals surface area (Å²) < 4.78 is 0.134. The average Bonchev–Trinajstić information content (AvgIpc) is 2.63. The highest BCUT2D eigenvalue weighted by atomic mass is 16.6. The number of amides is 1. The van der Waals surface area contributed by atoms with Crippen molar-refractivity contribution in [3.8, 4) is 5.75 Å². The topological polar surface area (TPSA) is 219 Å². The van der Waals surface area contributed by atoms with Crippen molar-refractivity contribution >= 4 is 28.9 Å². The van der Waals surface area contributed by atoms with Crippen LogP contribution in [0.2, 0.25) is 0 Å². The van der Waals surface area contributed by atoms with Gasteiger partial charge in [-0.05, 0) is 13.0 Å². The first-order valence-electron chi connectivity index (χ1n) is 8.72. The summed E-state index contributed by atoms with van der Waals surface area (Å²) in [7, 11) is 5.22. The van der Waals surface area contributed by atoms with Gasteiger partial charge in [-0.25, -0.2) is 4.79 Å². The third-order valence-electron chi connectivity index (χ3n) is 3.62. The van der Waals surface area contributed by atoms with Crippen molar-refractivity contribution in [1.29, 1.82) is 0 Å². The van der Waals surface area contributed by atoms with Gasteiger partial charge in [-0.1, -0.05) is 6.92 Å². The Labute approximate surface area is 175 Å². The Morgan fingerprint density at radius 1 is 1.03 bits per heavy atom. The Kier molecular flexibility index (Phi) is 10.1. The molecule has 1 aromatic carbocycles. The smallest absolute Gasteiger partial charge is 0.330 e. The molecule has 0 aliphatic heterocycles. The van der Waals surface area contributed by atoms with E-state index in [4.69, 9.17) is 5.11 Å². The molecule has 15 nitrogen and oxygen atoms in total. The number of nitro groups is 3. The lowest BCUT2D eigenvalue weighted by atomic mass is 10.1. The number of aliphatic carboxylic acids is 1. The van der Waals surface area contributed by atoms with Gasteiger partial charge in [-0.3, -0.25) is 39.6 Å². The maximum atomic E-state index is 11.9. The molecule has 0 radical (unpaired) electrons. The number of likely N-dealkylation sites (N-methyl/N-ethyl adjacent to an activating group) is 1. The highest BCUT2D eigenvalue weighted by Gasteiger charge is 2.32. The molecule has 1 aromatic rings. The number of benzene rings is 1. The molecular weight excluding hydrogens is 422 g/mol. The number of hydrogen-bond donors (Lipinski definition) is 2. The predicted octanol–water partition coefficient (Wildman–Crippen LogP) is 0.547. The molecule has 0 heterocycles. The van der Waals surface area contributed by atoms with Crippen molar-refractivity contribution in [3.63, 3.8) is 0 Å². The van der Waals surface area contributed by atoms with Gasteiger partial charge >= 0.3 is 11.9 Å². The summed E-state index contributed by atoms with van der Waals surface area (Å²) in [5.74, 6) is -2.52. The Bertz CT molecular complexity index is 830. The molecule has 1 amide bonds. The molecule has 0 bridgehead atoms. The summed E-state index contributed by atoms with van der Waals surface area (Å²) in [6, 6.07) is 0.174. The minimum atomic E-state index is -1.46. The largest absolute Gasteiger partial charge is 0.863 e. The van der Waals surface area contributed by atoms with Crippen molar-refractivity contribution in [2.45, 2.75) is 25.8 Å². The van der Waals surface area contributed by atoms with Gasteiger partial charge in [0.05, 0.1) is 60.2 Å². The summed E-state index contributed by atoms with van der Waals surface area (Å²) >= 11 is 0. The normalized spacial score (nSPS) is 11.6. The number of carbonyl (C=O) groups excluding carboxylic acids is 1. The van der Waals surface area contributed by atoms with Gasteiger partial charge in [0.1, 0.15) is 6.04 Å². The van der Waals surface area contributed by atoms with E-state index >= 15 is 0 Å². The van der Waals surface area contributed by atoms with Crippen molar-refractivity contribution < 1.29 is 39.1 Å². The zero-order valence-electron chi connectivity index (χ0n) is 17.3. The first-order valence-corrected chi connectivity index (χ1v) is 8.72. The van der Waals surface area contributed by atoms with E-state index in [1.54, 1.807) is 21.1 Å². The van der Waals surface area contributed by atoms with Gasteiger partial charge in [0.25, 0.3) is 17.1 Å². The molecule has 2 N–H and O–H groups in total. The zero-order chi connectivity index (χ0) is 24.5. The van der Waals surface area contributed by atoms with E-state index in [0.717, 1.165) is 6.42 Å². The molecule has 0 saturated heterocycles. The Hall–Kier alpha value is -3.72. The van der Waals surface area contributed by atoms with E-state index in [1.165, 1.54) is 0 Å². The molecule has 172 valence electrons. The molecule has 0 fully saturated rings. The summed E-state index contributed by atoms with van der Waals surface area (Å²) in [4.78, 5) is 50.0. The fourth-order valence-electron chi connectivity index (χ4n) is 2.17. The summed E-state index contributed by atoms with van der Waals surface area (Å²) in [6.45, 7) is 2.63. The first kappa shape index (κ1) is 27.3. The molecule has 31 heavy (non-hydrogen) atoms. The zero-order valence-corrected chi connectivity index (χ0v) is 17.3. The number of nitro benzene ring substituents is 3. The number of non-ortho nitro benzene ring substituents is 1. The standard InChI is InChI=1S/C10H20N2O3.C6H3N3O7/c1-5-6-11-8(7-9(13)14)10(15)12(2,3)4;10-6-4(8(13)14)1-3(7(11)12)2-5(6)9(15)16/h8,11H,5-7H2,1-4H3;1-2,10H/t8-;/m1./s1. The van der Waals surface area contributed by atoms with E-state index < -0.39 is 49.6 Å². The average molecular weight is 445 g/mol. The van der Waals surface area contributed by atoms with Gasteiger partial charge in [0, 0.05) is 0 Å². The van der Waals surface area contributed by atoms with E-state index in [1.807, 2.05) is 6.92 Å². The number of carboxylic acids is 1. The molecule has 0 unspecified atom stereocenters. The fourth-order valence-corrected chi connectivity index (χ4v) is 2.17. The van der Waals surface area contributed by atoms with Crippen LogP contribution >= 0.6 is 0 Å². The highest BCUT2D eigenvalue weighted by molar-refractivity contribution is 5.81. The quantitative estimate of drug-likeness (QED) is 0.303. The van der Waals surface area contributed by atoms with Crippen LogP contribution in [0.15, 0.2) is 12.1 Å². The number of nitrogens with one attached hydrogen (secondary N) is 1. The lowest BCUT2D eigenvalue weighted by molar-refractivity contribution is -0.793.